The van der Waals surface area contributed by atoms with Crippen molar-refractivity contribution in [3.63, 3.8) is 0 Å². The van der Waals surface area contributed by atoms with Gasteiger partial charge in [0, 0.05) is 24.6 Å². The van der Waals surface area contributed by atoms with E-state index in [4.69, 9.17) is 0 Å². The predicted molar refractivity (Wildman–Crippen MR) is 97.1 cm³/mol. The van der Waals surface area contributed by atoms with Crippen molar-refractivity contribution in [3.05, 3.63) is 33.8 Å². The van der Waals surface area contributed by atoms with Gasteiger partial charge in [0.1, 0.15) is 11.6 Å². The van der Waals surface area contributed by atoms with Gasteiger partial charge in [0.25, 0.3) is 5.91 Å². The molecule has 0 aromatic heterocycles. The number of nitriles is 1. The van der Waals surface area contributed by atoms with Crippen LogP contribution in [0, 0.1) is 11.3 Å². The highest BCUT2D eigenvalue weighted by atomic mass is 79.9. The molecule has 1 amide bonds. The first-order chi connectivity index (χ1) is 11.0. The fourth-order valence-corrected chi connectivity index (χ4v) is 3.55. The maximum Gasteiger partial charge on any atom is 0.262 e. The van der Waals surface area contributed by atoms with E-state index >= 15 is 0 Å². The number of carbonyl (C=O) groups is 1. The molecule has 1 fully saturated rings. The highest BCUT2D eigenvalue weighted by Gasteiger charge is 2.18. The van der Waals surface area contributed by atoms with Gasteiger partial charge in [0.15, 0.2) is 0 Å². The Morgan fingerprint density at radius 2 is 2.04 bits per heavy atom. The average molecular weight is 376 g/mol. The summed E-state index contributed by atoms with van der Waals surface area (Å²) >= 11 is 3.52. The summed E-state index contributed by atoms with van der Waals surface area (Å²) in [5, 5.41) is 12.3. The van der Waals surface area contributed by atoms with Crippen molar-refractivity contribution >= 4 is 33.6 Å². The van der Waals surface area contributed by atoms with Gasteiger partial charge in [0.05, 0.1) is 5.69 Å². The second kappa shape index (κ2) is 8.16. The van der Waals surface area contributed by atoms with Gasteiger partial charge in [0.2, 0.25) is 0 Å². The van der Waals surface area contributed by atoms with E-state index in [-0.39, 0.29) is 17.5 Å². The Hall–Kier alpha value is -1.80. The van der Waals surface area contributed by atoms with Crippen molar-refractivity contribution < 1.29 is 4.79 Å². The summed E-state index contributed by atoms with van der Waals surface area (Å²) in [6.07, 6.45) is 7.19. The molecule has 1 aromatic rings. The van der Waals surface area contributed by atoms with E-state index in [0.717, 1.165) is 41.4 Å². The van der Waals surface area contributed by atoms with Gasteiger partial charge in [-0.05, 0) is 52.5 Å². The zero-order valence-corrected chi connectivity index (χ0v) is 15.2. The lowest BCUT2D eigenvalue weighted by molar-refractivity contribution is -0.117. The van der Waals surface area contributed by atoms with Crippen molar-refractivity contribution in [2.24, 2.45) is 0 Å². The molecule has 0 spiro atoms. The van der Waals surface area contributed by atoms with E-state index in [1.165, 1.54) is 6.42 Å². The monoisotopic (exact) mass is 375 g/mol. The third kappa shape index (κ3) is 4.84. The molecular weight excluding hydrogens is 354 g/mol. The molecule has 1 N–H and O–H groups in total. The number of nitrogens with one attached hydrogen (secondary N) is 1. The molecule has 5 heteroatoms. The number of hydrogen-bond acceptors (Lipinski definition) is 3. The number of benzene rings is 1. The molecule has 0 radical (unpaired) electrons. The van der Waals surface area contributed by atoms with Gasteiger partial charge < -0.3 is 10.2 Å². The van der Waals surface area contributed by atoms with Crippen LogP contribution in [0.2, 0.25) is 0 Å². The van der Waals surface area contributed by atoms with Crippen LogP contribution >= 0.6 is 15.9 Å². The predicted octanol–water partition coefficient (Wildman–Crippen LogP) is 3.87. The van der Waals surface area contributed by atoms with Gasteiger partial charge >= 0.3 is 0 Å². The molecule has 1 aliphatic carbocycles. The normalized spacial score (nSPS) is 15.8. The van der Waals surface area contributed by atoms with E-state index in [2.05, 4.69) is 21.2 Å². The second-order valence-electron chi connectivity index (χ2n) is 6.08. The smallest absolute Gasteiger partial charge is 0.262 e. The average Bonchev–Trinajstić information content (AvgIpc) is 2.53. The summed E-state index contributed by atoms with van der Waals surface area (Å²) in [6.45, 7) is 0. The maximum atomic E-state index is 12.3. The van der Waals surface area contributed by atoms with E-state index in [1.54, 1.807) is 6.08 Å². The number of amides is 1. The molecular formula is C18H22BrN3O. The Labute approximate surface area is 146 Å². The van der Waals surface area contributed by atoms with Crippen LogP contribution in [0.25, 0.3) is 6.08 Å². The molecule has 1 aliphatic rings. The highest BCUT2D eigenvalue weighted by molar-refractivity contribution is 9.10. The van der Waals surface area contributed by atoms with Gasteiger partial charge in [-0.1, -0.05) is 25.3 Å². The molecule has 122 valence electrons. The SMILES string of the molecule is CN(C)c1ccc(/C=C(\C#N)C(=O)NC2CCCCC2)cc1Br. The molecule has 4 nitrogen and oxygen atoms in total. The molecule has 23 heavy (non-hydrogen) atoms. The van der Waals surface area contributed by atoms with Crippen LogP contribution < -0.4 is 10.2 Å². The fourth-order valence-electron chi connectivity index (χ4n) is 2.80. The van der Waals surface area contributed by atoms with Crippen LogP contribution in [0.15, 0.2) is 28.2 Å². The van der Waals surface area contributed by atoms with E-state index in [0.29, 0.717) is 0 Å². The first-order valence-electron chi connectivity index (χ1n) is 7.91. The number of nitrogens with zero attached hydrogens (tertiary/aromatic N) is 2. The zero-order valence-electron chi connectivity index (χ0n) is 13.6. The minimum absolute atomic E-state index is 0.153. The fraction of sp³-hybridized carbons (Fsp3) is 0.444. The number of hydrogen-bond donors (Lipinski definition) is 1. The van der Waals surface area contributed by atoms with Crippen LogP contribution in [0.4, 0.5) is 5.69 Å². The largest absolute Gasteiger partial charge is 0.377 e. The standard InChI is InChI=1S/C18H22BrN3O/c1-22(2)17-9-8-13(11-16(17)19)10-14(12-20)18(23)21-15-6-4-3-5-7-15/h8-11,15H,3-7H2,1-2H3,(H,21,23)/b14-10+. The van der Waals surface area contributed by atoms with Crippen LogP contribution in [0.3, 0.4) is 0 Å². The van der Waals surface area contributed by atoms with Crippen LogP contribution in [0.5, 0.6) is 0 Å². The van der Waals surface area contributed by atoms with Crippen LogP contribution in [0.1, 0.15) is 37.7 Å². The molecule has 0 saturated heterocycles. The van der Waals surface area contributed by atoms with Gasteiger partial charge in [-0.2, -0.15) is 5.26 Å². The number of anilines is 1. The first-order valence-corrected chi connectivity index (χ1v) is 8.70. The van der Waals surface area contributed by atoms with Crippen LogP contribution in [-0.2, 0) is 4.79 Å². The van der Waals surface area contributed by atoms with Crippen molar-refractivity contribution in [1.29, 1.82) is 5.26 Å². The number of halogens is 1. The highest BCUT2D eigenvalue weighted by Crippen LogP contribution is 2.26. The summed E-state index contributed by atoms with van der Waals surface area (Å²) in [5.74, 6) is -0.271. The molecule has 0 atom stereocenters. The molecule has 1 saturated carbocycles. The molecule has 2 rings (SSSR count). The minimum atomic E-state index is -0.271. The third-order valence-electron chi connectivity index (χ3n) is 4.07. The van der Waals surface area contributed by atoms with E-state index in [1.807, 2.05) is 43.3 Å². The summed E-state index contributed by atoms with van der Waals surface area (Å²) in [6, 6.07) is 8.01. The molecule has 0 bridgehead atoms. The van der Waals surface area contributed by atoms with E-state index in [9.17, 15) is 10.1 Å². The van der Waals surface area contributed by atoms with Crippen molar-refractivity contribution in [2.75, 3.05) is 19.0 Å². The number of rotatable bonds is 4. The van der Waals surface area contributed by atoms with Crippen molar-refractivity contribution in [2.45, 2.75) is 38.1 Å². The minimum Gasteiger partial charge on any atom is -0.377 e. The lowest BCUT2D eigenvalue weighted by Crippen LogP contribution is -2.36. The number of carbonyl (C=O) groups excluding carboxylic acids is 1. The Kier molecular flexibility index (Phi) is 6.23. The summed E-state index contributed by atoms with van der Waals surface area (Å²) in [7, 11) is 3.93. The molecule has 0 unspecified atom stereocenters. The first kappa shape index (κ1) is 17.6. The lowest BCUT2D eigenvalue weighted by atomic mass is 9.95. The lowest BCUT2D eigenvalue weighted by Gasteiger charge is -2.22. The van der Waals surface area contributed by atoms with Gasteiger partial charge in [-0.15, -0.1) is 0 Å². The zero-order chi connectivity index (χ0) is 16.8. The Morgan fingerprint density at radius 1 is 1.35 bits per heavy atom. The quantitative estimate of drug-likeness (QED) is 0.641. The summed E-state index contributed by atoms with van der Waals surface area (Å²) in [4.78, 5) is 14.3. The second-order valence-corrected chi connectivity index (χ2v) is 6.94. The summed E-state index contributed by atoms with van der Waals surface area (Å²) < 4.78 is 0.932. The van der Waals surface area contributed by atoms with E-state index < -0.39 is 0 Å². The Morgan fingerprint density at radius 3 is 2.61 bits per heavy atom. The van der Waals surface area contributed by atoms with Crippen molar-refractivity contribution in [1.82, 2.24) is 5.32 Å². The molecule has 0 aliphatic heterocycles. The Bertz CT molecular complexity index is 640. The molecule has 1 aromatic carbocycles. The van der Waals surface area contributed by atoms with Crippen LogP contribution in [-0.4, -0.2) is 26.0 Å². The summed E-state index contributed by atoms with van der Waals surface area (Å²) in [5.41, 5.74) is 2.03. The third-order valence-corrected chi connectivity index (χ3v) is 4.71. The maximum absolute atomic E-state index is 12.3. The van der Waals surface area contributed by atoms with Gasteiger partial charge in [-0.25, -0.2) is 0 Å². The van der Waals surface area contributed by atoms with Crippen molar-refractivity contribution in [3.8, 4) is 6.07 Å². The topological polar surface area (TPSA) is 56.1 Å². The molecule has 0 heterocycles. The van der Waals surface area contributed by atoms with Gasteiger partial charge in [-0.3, -0.25) is 4.79 Å². The Balaban J connectivity index is 2.13.